The third-order valence-corrected chi connectivity index (χ3v) is 12.0. The minimum atomic E-state index is -4.64. The van der Waals surface area contributed by atoms with Gasteiger partial charge in [0.25, 0.3) is 0 Å². The lowest BCUT2D eigenvalue weighted by Gasteiger charge is -2.34. The first kappa shape index (κ1) is 81.2. The predicted molar refractivity (Wildman–Crippen MR) is 306 cm³/mol. The number of epoxide rings is 2. The Morgan fingerprint density at radius 3 is 1.17 bits per heavy atom. The van der Waals surface area contributed by atoms with Crippen molar-refractivity contribution in [2.75, 3.05) is 59.5 Å². The van der Waals surface area contributed by atoms with Crippen LogP contribution in [0.2, 0.25) is 0 Å². The second kappa shape index (κ2) is 42.0. The van der Waals surface area contributed by atoms with E-state index in [0.717, 1.165) is 51.6 Å². The van der Waals surface area contributed by atoms with Crippen molar-refractivity contribution in [2.45, 2.75) is 154 Å². The first-order valence-electron chi connectivity index (χ1n) is 25.1. The zero-order chi connectivity index (χ0) is 61.6. The number of halogens is 2. The van der Waals surface area contributed by atoms with Gasteiger partial charge in [0.2, 0.25) is 0 Å². The number of carbonyl (C=O) groups excluding carboxylic acids is 5. The number of ether oxygens (including phenoxy) is 9. The van der Waals surface area contributed by atoms with Crippen LogP contribution in [0.5, 0.6) is 0 Å². The first-order valence-corrected chi connectivity index (χ1v) is 36.6. The maximum atomic E-state index is 12.5. The number of aliphatic hydroxyl groups is 3. The molecule has 0 amide bonds. The van der Waals surface area contributed by atoms with E-state index < -0.39 is 65.4 Å². The van der Waals surface area contributed by atoms with E-state index in [1.807, 2.05) is 0 Å². The number of aliphatic hydroxyl groups excluding tert-OH is 3. The van der Waals surface area contributed by atoms with Gasteiger partial charge in [0.15, 0.2) is 0 Å². The number of esters is 5. The molecule has 33 heteroatoms. The number of fused-ring (bicyclic) bond motifs is 2. The van der Waals surface area contributed by atoms with E-state index in [2.05, 4.69) is 61.7 Å². The summed E-state index contributed by atoms with van der Waals surface area (Å²) >= 11 is 4.24. The SMILES string of the molecule is C.C=C(C)C(=O)OCCO.C=C(C)C(=O)OCCOC1CCC(COC(=O)C2CCC(OCCOC(=O)C(=C)C)C(O)C2)CC1O.CP(=O)(O)O.II.O=C(OCC1CCC2OC2C1)C1CCC2OC2C1.O=P(O)(O)O.O=P(O)(O)O. The van der Waals surface area contributed by atoms with Gasteiger partial charge in [-0.25, -0.2) is 23.5 Å². The molecule has 81 heavy (non-hydrogen) atoms. The van der Waals surface area contributed by atoms with Crippen LogP contribution >= 0.6 is 60.5 Å². The molecule has 0 spiro atoms. The standard InChI is InChI=1S/C26H40O10.C14H20O4.C6H10O3.CH5O3P.CH4.I2.2H3O4P/c1-16(2)24(29)34-11-9-32-22-7-5-18(13-20(22)27)15-36-26(31)19-6-8-23(21(28)14-19)33-10-12-35-25(30)17(3)4;15-14(9-2-4-11-13(6-9)18-11)16-7-8-1-3-10-12(5-8)17-10;1-5(2)6(8)9-4-3-7;1-5(2,3)4;;1-2;2*1-5(2,3)4/h18-23,27-28H,1,3,5-15H2,2,4H3;8-13H,1-7H2;7H,1,3-4H2,2H3;1H3,(H2,2,3,4);1H4;;2*(H3,1,2,3,4). The fourth-order valence-electron chi connectivity index (χ4n) is 8.14. The van der Waals surface area contributed by atoms with Gasteiger partial charge >= 0.3 is 53.1 Å². The zero-order valence-corrected chi connectivity index (χ0v) is 52.1. The van der Waals surface area contributed by atoms with Crippen LogP contribution < -0.4 is 0 Å². The van der Waals surface area contributed by atoms with Crippen molar-refractivity contribution in [1.82, 2.24) is 0 Å². The summed E-state index contributed by atoms with van der Waals surface area (Å²) in [5.74, 6) is -1.54. The highest BCUT2D eigenvalue weighted by atomic mass is 128. The van der Waals surface area contributed by atoms with Crippen molar-refractivity contribution in [3.8, 4) is 0 Å². The van der Waals surface area contributed by atoms with Crippen LogP contribution in [-0.2, 0) is 80.3 Å². The summed E-state index contributed by atoms with van der Waals surface area (Å²) in [6.07, 6.45) is 8.83. The Kier molecular flexibility index (Phi) is 42.1. The smallest absolute Gasteiger partial charge is 0.465 e. The molecule has 28 nitrogen and oxygen atoms in total. The van der Waals surface area contributed by atoms with Gasteiger partial charge in [0.05, 0.1) is 93.7 Å². The Hall–Kier alpha value is -1.88. The van der Waals surface area contributed by atoms with E-state index in [1.165, 1.54) is 0 Å². The van der Waals surface area contributed by atoms with Gasteiger partial charge in [-0.3, -0.25) is 14.2 Å². The van der Waals surface area contributed by atoms with Gasteiger partial charge in [0.1, 0.15) is 19.8 Å². The molecule has 2 saturated heterocycles. The molecule has 12 unspecified atom stereocenters. The third-order valence-electron chi connectivity index (χ3n) is 12.0. The highest BCUT2D eigenvalue weighted by Gasteiger charge is 2.47. The second-order valence-corrected chi connectivity index (χ2v) is 23.1. The van der Waals surface area contributed by atoms with Gasteiger partial charge in [-0.2, -0.15) is 0 Å². The van der Waals surface area contributed by atoms with E-state index in [9.17, 15) is 38.8 Å². The summed E-state index contributed by atoms with van der Waals surface area (Å²) < 4.78 is 74.7. The molecule has 6 rings (SSSR count). The maximum absolute atomic E-state index is 12.5. The number of hydrogen-bond acceptors (Lipinski definition) is 20. The molecule has 0 radical (unpaired) electrons. The van der Waals surface area contributed by atoms with Crippen molar-refractivity contribution in [3.63, 3.8) is 0 Å². The predicted octanol–water partition coefficient (Wildman–Crippen LogP) is 3.97. The summed E-state index contributed by atoms with van der Waals surface area (Å²) in [6, 6.07) is 0. The summed E-state index contributed by atoms with van der Waals surface area (Å²) in [4.78, 5) is 116. The quantitative estimate of drug-likeness (QED) is 0.0166. The van der Waals surface area contributed by atoms with Crippen molar-refractivity contribution >= 4 is 90.3 Å². The van der Waals surface area contributed by atoms with Crippen molar-refractivity contribution < 1.29 is 135 Å². The molecular weight excluding hydrogens is 1370 g/mol. The van der Waals surface area contributed by atoms with E-state index in [0.29, 0.717) is 79.3 Å². The van der Waals surface area contributed by atoms with Crippen molar-refractivity contribution in [2.24, 2.45) is 23.7 Å². The highest BCUT2D eigenvalue weighted by Crippen LogP contribution is 2.42. The van der Waals surface area contributed by atoms with Crippen LogP contribution in [0, 0.1) is 23.7 Å². The Morgan fingerprint density at radius 2 is 0.815 bits per heavy atom. The molecule has 0 aromatic rings. The normalized spacial score (nSPS) is 26.6. The van der Waals surface area contributed by atoms with E-state index in [4.69, 9.17) is 91.3 Å². The fraction of sp³-hybridized carbons (Fsp3) is 0.771. The molecule has 4 saturated carbocycles. The minimum Gasteiger partial charge on any atom is -0.465 e. The van der Waals surface area contributed by atoms with Crippen LogP contribution in [0.15, 0.2) is 36.5 Å². The Bertz CT molecular complexity index is 2010. The topological polar surface area (TPSA) is 449 Å². The van der Waals surface area contributed by atoms with E-state index >= 15 is 0 Å². The van der Waals surface area contributed by atoms with Gasteiger partial charge in [0, 0.05) is 60.6 Å². The summed E-state index contributed by atoms with van der Waals surface area (Å²) in [5, 5.41) is 29.0. The average molecular weight is 1460 g/mol. The first-order chi connectivity index (χ1) is 37.1. The minimum absolute atomic E-state index is 0. The molecule has 12 atom stereocenters. The van der Waals surface area contributed by atoms with E-state index in [1.54, 1.807) is 20.8 Å². The molecule has 6 aliphatic rings. The molecule has 0 bridgehead atoms. The molecule has 6 fully saturated rings. The Morgan fingerprint density at radius 1 is 0.494 bits per heavy atom. The zero-order valence-electron chi connectivity index (χ0n) is 45.1. The van der Waals surface area contributed by atoms with E-state index in [-0.39, 0.29) is 90.0 Å². The summed E-state index contributed by atoms with van der Waals surface area (Å²) in [7, 11) is -12.9. The highest BCUT2D eigenvalue weighted by molar-refractivity contribution is 15.0. The molecule has 474 valence electrons. The summed E-state index contributed by atoms with van der Waals surface area (Å²) in [5.41, 5.74) is 0.979. The average Bonchev–Trinajstić information content (AvgIpc) is 4.30. The summed E-state index contributed by atoms with van der Waals surface area (Å²) in [6.45, 7) is 17.1. The van der Waals surface area contributed by atoms with Crippen LogP contribution in [0.4, 0.5) is 0 Å². The molecule has 11 N–H and O–H groups in total. The lowest BCUT2D eigenvalue weighted by Crippen LogP contribution is -2.40. The van der Waals surface area contributed by atoms with Gasteiger partial charge in [-0.1, -0.05) is 27.2 Å². The van der Waals surface area contributed by atoms with Gasteiger partial charge in [-0.05, 0) is 110 Å². The molecule has 2 aliphatic heterocycles. The number of rotatable bonds is 19. The lowest BCUT2D eigenvalue weighted by atomic mass is 9.84. The third kappa shape index (κ3) is 43.4. The molecule has 2 heterocycles. The molecular formula is C48H85I2O28P3. The Labute approximate surface area is 496 Å². The number of carbonyl (C=O) groups is 5. The van der Waals surface area contributed by atoms with Crippen LogP contribution in [-0.4, -0.2) is 193 Å². The largest absolute Gasteiger partial charge is 0.466 e. The van der Waals surface area contributed by atoms with Crippen molar-refractivity contribution in [1.29, 1.82) is 0 Å². The van der Waals surface area contributed by atoms with Crippen LogP contribution in [0.1, 0.15) is 105 Å². The molecule has 4 aliphatic carbocycles. The second-order valence-electron chi connectivity index (χ2n) is 19.4. The lowest BCUT2D eigenvalue weighted by molar-refractivity contribution is -0.159. The number of hydrogen-bond donors (Lipinski definition) is 11. The Balaban J connectivity index is 0. The van der Waals surface area contributed by atoms with Gasteiger partial charge in [-0.15, -0.1) is 0 Å². The monoisotopic (exact) mass is 1460 g/mol. The fourth-order valence-corrected chi connectivity index (χ4v) is 8.14. The van der Waals surface area contributed by atoms with Gasteiger partial charge < -0.3 is 97.1 Å². The van der Waals surface area contributed by atoms with Crippen LogP contribution in [0.3, 0.4) is 0 Å². The van der Waals surface area contributed by atoms with Crippen molar-refractivity contribution in [3.05, 3.63) is 36.5 Å². The molecule has 0 aromatic heterocycles. The van der Waals surface area contributed by atoms with Crippen LogP contribution in [0.25, 0.3) is 0 Å². The number of phosphoric acid groups is 2. The maximum Gasteiger partial charge on any atom is 0.466 e. The molecule has 0 aromatic carbocycles.